The summed E-state index contributed by atoms with van der Waals surface area (Å²) in [5.74, 6) is -0.225. The fourth-order valence-electron chi connectivity index (χ4n) is 2.66. The number of aliphatic hydroxyl groups is 1. The van der Waals surface area contributed by atoms with Crippen LogP contribution in [0.15, 0.2) is 42.6 Å². The summed E-state index contributed by atoms with van der Waals surface area (Å²) < 4.78 is 1.68. The predicted octanol–water partition coefficient (Wildman–Crippen LogP) is 1.21. The molecule has 21 heavy (non-hydrogen) atoms. The third kappa shape index (κ3) is 2.73. The van der Waals surface area contributed by atoms with E-state index in [1.54, 1.807) is 17.0 Å². The van der Waals surface area contributed by atoms with E-state index in [0.29, 0.717) is 6.42 Å². The first-order valence-electron chi connectivity index (χ1n) is 6.87. The minimum absolute atomic E-state index is 0.225. The maximum absolute atomic E-state index is 12.0. The van der Waals surface area contributed by atoms with Gasteiger partial charge in [0.25, 0.3) is 0 Å². The van der Waals surface area contributed by atoms with Gasteiger partial charge in [0, 0.05) is 25.7 Å². The lowest BCUT2D eigenvalue weighted by atomic mass is 10.1. The Morgan fingerprint density at radius 2 is 2.24 bits per heavy atom. The first-order valence-corrected chi connectivity index (χ1v) is 6.87. The lowest BCUT2D eigenvalue weighted by Crippen LogP contribution is -2.32. The normalized spacial score (nSPS) is 20.7. The summed E-state index contributed by atoms with van der Waals surface area (Å²) in [6, 6.07) is 9.27. The van der Waals surface area contributed by atoms with Crippen molar-refractivity contribution in [3.63, 3.8) is 0 Å². The van der Waals surface area contributed by atoms with Crippen molar-refractivity contribution in [2.75, 3.05) is 0 Å². The van der Waals surface area contributed by atoms with E-state index in [4.69, 9.17) is 0 Å². The van der Waals surface area contributed by atoms with E-state index in [1.807, 2.05) is 37.4 Å². The van der Waals surface area contributed by atoms with Crippen molar-refractivity contribution < 1.29 is 9.90 Å². The fourth-order valence-corrected chi connectivity index (χ4v) is 2.66. The highest BCUT2D eigenvalue weighted by molar-refractivity contribution is 5.91. The van der Waals surface area contributed by atoms with Gasteiger partial charge in [-0.2, -0.15) is 5.10 Å². The van der Waals surface area contributed by atoms with Gasteiger partial charge in [-0.3, -0.25) is 9.48 Å². The molecule has 2 aromatic rings. The number of amides is 1. The summed E-state index contributed by atoms with van der Waals surface area (Å²) in [5, 5.41) is 17.0. The van der Waals surface area contributed by atoms with E-state index in [9.17, 15) is 9.90 Å². The SMILES string of the molecule is Cn1nccc1C=CC(=O)NC1c2ccccc2CC1O. The number of aryl methyl sites for hydroxylation is 1. The fraction of sp³-hybridized carbons (Fsp3) is 0.250. The number of nitrogens with one attached hydrogen (secondary N) is 1. The molecule has 2 atom stereocenters. The Morgan fingerprint density at radius 1 is 1.43 bits per heavy atom. The molecule has 1 aromatic carbocycles. The van der Waals surface area contributed by atoms with Crippen LogP contribution >= 0.6 is 0 Å². The minimum Gasteiger partial charge on any atom is -0.390 e. The first kappa shape index (κ1) is 13.6. The Kier molecular flexibility index (Phi) is 3.58. The van der Waals surface area contributed by atoms with Crippen molar-refractivity contribution in [1.82, 2.24) is 15.1 Å². The first-order chi connectivity index (χ1) is 10.1. The zero-order chi connectivity index (χ0) is 14.8. The van der Waals surface area contributed by atoms with Crippen molar-refractivity contribution in [1.29, 1.82) is 0 Å². The van der Waals surface area contributed by atoms with Gasteiger partial charge < -0.3 is 10.4 Å². The second-order valence-corrected chi connectivity index (χ2v) is 5.17. The average molecular weight is 283 g/mol. The van der Waals surface area contributed by atoms with Crippen LogP contribution in [0.1, 0.15) is 22.9 Å². The number of hydrogen-bond acceptors (Lipinski definition) is 3. The van der Waals surface area contributed by atoms with Crippen LogP contribution in [-0.4, -0.2) is 26.9 Å². The van der Waals surface area contributed by atoms with Crippen LogP contribution < -0.4 is 5.32 Å². The summed E-state index contributed by atoms with van der Waals surface area (Å²) in [7, 11) is 1.81. The monoisotopic (exact) mass is 283 g/mol. The average Bonchev–Trinajstić information content (AvgIpc) is 3.01. The van der Waals surface area contributed by atoms with Crippen LogP contribution in [0.25, 0.3) is 6.08 Å². The Morgan fingerprint density at radius 3 is 3.00 bits per heavy atom. The van der Waals surface area contributed by atoms with Crippen LogP contribution in [0, 0.1) is 0 Å². The molecule has 2 N–H and O–H groups in total. The van der Waals surface area contributed by atoms with Gasteiger partial charge in [-0.1, -0.05) is 24.3 Å². The van der Waals surface area contributed by atoms with E-state index < -0.39 is 6.10 Å². The number of carbonyl (C=O) groups is 1. The van der Waals surface area contributed by atoms with Crippen LogP contribution in [0.4, 0.5) is 0 Å². The number of aromatic nitrogens is 2. The molecule has 1 amide bonds. The van der Waals surface area contributed by atoms with E-state index >= 15 is 0 Å². The summed E-state index contributed by atoms with van der Waals surface area (Å²) in [4.78, 5) is 12.0. The number of aliphatic hydroxyl groups excluding tert-OH is 1. The van der Waals surface area contributed by atoms with Crippen LogP contribution in [0.2, 0.25) is 0 Å². The summed E-state index contributed by atoms with van der Waals surface area (Å²) in [5.41, 5.74) is 2.93. The van der Waals surface area contributed by atoms with Crippen molar-refractivity contribution >= 4 is 12.0 Å². The van der Waals surface area contributed by atoms with Gasteiger partial charge in [-0.15, -0.1) is 0 Å². The second kappa shape index (κ2) is 5.54. The minimum atomic E-state index is -0.573. The molecule has 1 aliphatic rings. The topological polar surface area (TPSA) is 67.2 Å². The number of carbonyl (C=O) groups excluding carboxylic acids is 1. The molecule has 108 valence electrons. The van der Waals surface area contributed by atoms with Gasteiger partial charge in [0.2, 0.25) is 5.91 Å². The third-order valence-corrected chi connectivity index (χ3v) is 3.77. The Hall–Kier alpha value is -2.40. The molecule has 0 radical (unpaired) electrons. The van der Waals surface area contributed by atoms with Gasteiger partial charge in [-0.05, 0) is 23.3 Å². The number of fused-ring (bicyclic) bond motifs is 1. The van der Waals surface area contributed by atoms with Crippen molar-refractivity contribution in [3.8, 4) is 0 Å². The zero-order valence-electron chi connectivity index (χ0n) is 11.7. The zero-order valence-corrected chi connectivity index (χ0v) is 11.7. The van der Waals surface area contributed by atoms with Crippen LogP contribution in [-0.2, 0) is 18.3 Å². The van der Waals surface area contributed by atoms with Gasteiger partial charge in [0.15, 0.2) is 0 Å². The summed E-state index contributed by atoms with van der Waals surface area (Å²) in [6.07, 6.45) is 4.85. The number of benzene rings is 1. The largest absolute Gasteiger partial charge is 0.390 e. The maximum atomic E-state index is 12.0. The molecule has 0 spiro atoms. The third-order valence-electron chi connectivity index (χ3n) is 3.77. The van der Waals surface area contributed by atoms with Gasteiger partial charge >= 0.3 is 0 Å². The van der Waals surface area contributed by atoms with E-state index in [1.165, 1.54) is 6.08 Å². The molecule has 5 nitrogen and oxygen atoms in total. The molecule has 1 heterocycles. The highest BCUT2D eigenvalue weighted by atomic mass is 16.3. The molecule has 0 bridgehead atoms. The smallest absolute Gasteiger partial charge is 0.244 e. The van der Waals surface area contributed by atoms with Gasteiger partial charge in [0.1, 0.15) is 0 Å². The molecule has 0 saturated heterocycles. The lowest BCUT2D eigenvalue weighted by Gasteiger charge is -2.16. The van der Waals surface area contributed by atoms with Gasteiger partial charge in [-0.25, -0.2) is 0 Å². The van der Waals surface area contributed by atoms with E-state index in [0.717, 1.165) is 16.8 Å². The predicted molar refractivity (Wildman–Crippen MR) is 79.3 cm³/mol. The molecule has 1 aliphatic carbocycles. The highest BCUT2D eigenvalue weighted by Crippen LogP contribution is 2.31. The molecular formula is C16H17N3O2. The van der Waals surface area contributed by atoms with Crippen molar-refractivity contribution in [2.24, 2.45) is 7.05 Å². The molecule has 5 heteroatoms. The van der Waals surface area contributed by atoms with Crippen LogP contribution in [0.3, 0.4) is 0 Å². The molecule has 0 saturated carbocycles. The summed E-state index contributed by atoms with van der Waals surface area (Å²) in [6.45, 7) is 0. The Bertz CT molecular complexity index is 690. The number of hydrogen-bond donors (Lipinski definition) is 2. The molecule has 2 unspecified atom stereocenters. The number of nitrogens with zero attached hydrogens (tertiary/aromatic N) is 2. The molecule has 0 fully saturated rings. The van der Waals surface area contributed by atoms with Gasteiger partial charge in [0.05, 0.1) is 17.8 Å². The van der Waals surface area contributed by atoms with Crippen molar-refractivity contribution in [3.05, 3.63) is 59.4 Å². The molecule has 0 aliphatic heterocycles. The summed E-state index contributed by atoms with van der Waals surface area (Å²) >= 11 is 0. The lowest BCUT2D eigenvalue weighted by molar-refractivity contribution is -0.117. The quantitative estimate of drug-likeness (QED) is 0.832. The maximum Gasteiger partial charge on any atom is 0.244 e. The van der Waals surface area contributed by atoms with Crippen molar-refractivity contribution in [2.45, 2.75) is 18.6 Å². The molecular weight excluding hydrogens is 266 g/mol. The van der Waals surface area contributed by atoms with Crippen LogP contribution in [0.5, 0.6) is 0 Å². The highest BCUT2D eigenvalue weighted by Gasteiger charge is 2.31. The molecule has 3 rings (SSSR count). The van der Waals surface area contributed by atoms with E-state index in [-0.39, 0.29) is 11.9 Å². The second-order valence-electron chi connectivity index (χ2n) is 5.17. The Balaban J connectivity index is 1.71. The Labute approximate surface area is 122 Å². The standard InChI is InChI=1S/C16H17N3O2/c1-19-12(8-9-17-19)6-7-15(21)18-16-13-5-3-2-4-11(13)10-14(16)20/h2-9,14,16,20H,10H2,1H3,(H,18,21). The van der Waals surface area contributed by atoms with E-state index in [2.05, 4.69) is 10.4 Å². The number of rotatable bonds is 3. The molecule has 1 aromatic heterocycles.